The zero-order valence-corrected chi connectivity index (χ0v) is 20.6. The molecule has 7 nitrogen and oxygen atoms in total. The molecule has 2 heterocycles. The molecule has 1 fully saturated rings. The summed E-state index contributed by atoms with van der Waals surface area (Å²) in [5, 5.41) is 11.1. The molecular formula is C28H33FN2O5. The van der Waals surface area contributed by atoms with E-state index >= 15 is 0 Å². The van der Waals surface area contributed by atoms with Crippen LogP contribution in [0.5, 0.6) is 11.5 Å². The number of aliphatic hydroxyl groups is 1. The van der Waals surface area contributed by atoms with Gasteiger partial charge in [0.25, 0.3) is 5.56 Å². The summed E-state index contributed by atoms with van der Waals surface area (Å²) in [7, 11) is 0. The lowest BCUT2D eigenvalue weighted by Crippen LogP contribution is -2.48. The molecule has 0 spiro atoms. The number of hydrogen-bond acceptors (Lipinski definition) is 6. The molecular weight excluding hydrogens is 463 g/mol. The molecule has 0 unspecified atom stereocenters. The molecule has 0 aliphatic carbocycles. The van der Waals surface area contributed by atoms with Crippen LogP contribution in [0.15, 0.2) is 71.7 Å². The predicted octanol–water partition coefficient (Wildman–Crippen LogP) is 3.41. The van der Waals surface area contributed by atoms with Gasteiger partial charge in [0.15, 0.2) is 0 Å². The Bertz CT molecular complexity index is 1170. The summed E-state index contributed by atoms with van der Waals surface area (Å²) in [6.45, 7) is 5.58. The van der Waals surface area contributed by atoms with Crippen LogP contribution in [0.25, 0.3) is 0 Å². The highest BCUT2D eigenvalue weighted by atomic mass is 19.1. The molecule has 1 saturated heterocycles. The number of nitrogens with zero attached hydrogens (tertiary/aromatic N) is 2. The Morgan fingerprint density at radius 2 is 1.75 bits per heavy atom. The maximum absolute atomic E-state index is 13.1. The maximum atomic E-state index is 13.1. The smallest absolute Gasteiger partial charge is 0.250 e. The number of pyridine rings is 1. The van der Waals surface area contributed by atoms with Gasteiger partial charge in [-0.05, 0) is 60.9 Å². The minimum Gasteiger partial charge on any atom is -0.494 e. The molecule has 3 aromatic rings. The van der Waals surface area contributed by atoms with Crippen molar-refractivity contribution in [2.45, 2.75) is 32.0 Å². The summed E-state index contributed by atoms with van der Waals surface area (Å²) in [6, 6.07) is 17.0. The third-order valence-electron chi connectivity index (χ3n) is 6.03. The number of β-amino-alcohol motifs (C(OH)–C–C–N with tert-alkyl or cyclic N) is 1. The lowest BCUT2D eigenvalue weighted by Gasteiger charge is -2.30. The van der Waals surface area contributed by atoms with E-state index in [1.165, 1.54) is 12.1 Å². The molecule has 0 saturated carbocycles. The van der Waals surface area contributed by atoms with E-state index in [-0.39, 0.29) is 24.6 Å². The van der Waals surface area contributed by atoms with Crippen LogP contribution in [0.4, 0.5) is 4.39 Å². The zero-order valence-electron chi connectivity index (χ0n) is 20.6. The van der Waals surface area contributed by atoms with Crippen molar-refractivity contribution in [1.29, 1.82) is 0 Å². The van der Waals surface area contributed by atoms with Crippen molar-refractivity contribution in [3.63, 3.8) is 0 Å². The maximum Gasteiger partial charge on any atom is 0.250 e. The Hall–Kier alpha value is -3.20. The molecule has 0 radical (unpaired) electrons. The van der Waals surface area contributed by atoms with E-state index in [0.29, 0.717) is 45.1 Å². The van der Waals surface area contributed by atoms with Gasteiger partial charge in [0.05, 0.1) is 19.8 Å². The highest BCUT2D eigenvalue weighted by molar-refractivity contribution is 5.27. The first-order chi connectivity index (χ1) is 17.4. The van der Waals surface area contributed by atoms with Crippen LogP contribution in [0.3, 0.4) is 0 Å². The van der Waals surface area contributed by atoms with Crippen molar-refractivity contribution in [1.82, 2.24) is 9.47 Å². The van der Waals surface area contributed by atoms with Crippen molar-refractivity contribution < 1.29 is 23.7 Å². The number of hydrogen-bond donors (Lipinski definition) is 1. The van der Waals surface area contributed by atoms with Crippen molar-refractivity contribution in [3.8, 4) is 11.5 Å². The summed E-state index contributed by atoms with van der Waals surface area (Å²) >= 11 is 0. The summed E-state index contributed by atoms with van der Waals surface area (Å²) in [6.07, 6.45) is 2.60. The standard InChI is InChI=1S/C28H33FN2O5/c1-22-3-12-27(32)31(17-22)13-2-15-35-25-8-4-23(5-9-25)18-30-14-16-34-20-28(33,19-30)21-36-26-10-6-24(29)7-11-26/h3-12,17,33H,2,13-16,18-21H2,1H3/t28-/m0/s1. The van der Waals surface area contributed by atoms with Gasteiger partial charge in [-0.25, -0.2) is 4.39 Å². The average Bonchev–Trinajstić information content (AvgIpc) is 3.05. The second-order valence-electron chi connectivity index (χ2n) is 9.31. The van der Waals surface area contributed by atoms with E-state index in [1.54, 1.807) is 22.8 Å². The molecule has 2 aromatic carbocycles. The van der Waals surface area contributed by atoms with E-state index in [9.17, 15) is 14.3 Å². The molecule has 8 heteroatoms. The molecule has 1 aromatic heterocycles. The third-order valence-corrected chi connectivity index (χ3v) is 6.03. The highest BCUT2D eigenvalue weighted by Gasteiger charge is 2.33. The summed E-state index contributed by atoms with van der Waals surface area (Å²) in [5.74, 6) is 0.946. The minimum absolute atomic E-state index is 0.00205. The van der Waals surface area contributed by atoms with Gasteiger partial charge in [-0.3, -0.25) is 9.69 Å². The Morgan fingerprint density at radius 1 is 1.03 bits per heavy atom. The van der Waals surface area contributed by atoms with Crippen LogP contribution in [0.1, 0.15) is 17.5 Å². The van der Waals surface area contributed by atoms with Gasteiger partial charge >= 0.3 is 0 Å². The second kappa shape index (κ2) is 12.2. The van der Waals surface area contributed by atoms with Gasteiger partial charge in [-0.1, -0.05) is 18.2 Å². The number of rotatable bonds is 10. The molecule has 0 amide bonds. The molecule has 36 heavy (non-hydrogen) atoms. The molecule has 1 N–H and O–H groups in total. The first-order valence-electron chi connectivity index (χ1n) is 12.2. The Kier molecular flexibility index (Phi) is 8.74. The van der Waals surface area contributed by atoms with Gasteiger partial charge in [0.1, 0.15) is 29.5 Å². The Balaban J connectivity index is 1.24. The molecule has 4 rings (SSSR count). The van der Waals surface area contributed by atoms with E-state index in [2.05, 4.69) is 4.90 Å². The Morgan fingerprint density at radius 3 is 2.53 bits per heavy atom. The number of aromatic nitrogens is 1. The van der Waals surface area contributed by atoms with Gasteiger partial charge < -0.3 is 23.9 Å². The Labute approximate surface area is 210 Å². The van der Waals surface area contributed by atoms with Gasteiger partial charge in [0.2, 0.25) is 0 Å². The predicted molar refractivity (Wildman–Crippen MR) is 135 cm³/mol. The van der Waals surface area contributed by atoms with Crippen LogP contribution >= 0.6 is 0 Å². The van der Waals surface area contributed by atoms with Crippen LogP contribution < -0.4 is 15.0 Å². The number of aryl methyl sites for hydroxylation is 2. The van der Waals surface area contributed by atoms with Crippen LogP contribution in [-0.4, -0.2) is 59.7 Å². The number of benzene rings is 2. The van der Waals surface area contributed by atoms with Gasteiger partial charge in [0, 0.05) is 38.4 Å². The van der Waals surface area contributed by atoms with Crippen molar-refractivity contribution in [2.24, 2.45) is 0 Å². The second-order valence-corrected chi connectivity index (χ2v) is 9.31. The monoisotopic (exact) mass is 496 g/mol. The molecule has 1 atom stereocenters. The normalized spacial score (nSPS) is 18.5. The minimum atomic E-state index is -1.17. The van der Waals surface area contributed by atoms with E-state index in [1.807, 2.05) is 43.5 Å². The van der Waals surface area contributed by atoms with Crippen LogP contribution in [0.2, 0.25) is 0 Å². The highest BCUT2D eigenvalue weighted by Crippen LogP contribution is 2.20. The fourth-order valence-electron chi connectivity index (χ4n) is 4.17. The van der Waals surface area contributed by atoms with E-state index in [0.717, 1.165) is 23.3 Å². The van der Waals surface area contributed by atoms with E-state index in [4.69, 9.17) is 14.2 Å². The van der Waals surface area contributed by atoms with Crippen molar-refractivity contribution >= 4 is 0 Å². The zero-order chi connectivity index (χ0) is 25.4. The third kappa shape index (κ3) is 7.65. The fraction of sp³-hybridized carbons (Fsp3) is 0.393. The fourth-order valence-corrected chi connectivity index (χ4v) is 4.17. The van der Waals surface area contributed by atoms with Gasteiger partial charge in [-0.2, -0.15) is 0 Å². The van der Waals surface area contributed by atoms with Gasteiger partial charge in [-0.15, -0.1) is 0 Å². The summed E-state index contributed by atoms with van der Waals surface area (Å²) in [4.78, 5) is 14.0. The lowest BCUT2D eigenvalue weighted by molar-refractivity contribution is -0.0646. The number of ether oxygens (including phenoxy) is 3. The van der Waals surface area contributed by atoms with Crippen molar-refractivity contribution in [2.75, 3.05) is 39.5 Å². The molecule has 192 valence electrons. The van der Waals surface area contributed by atoms with Crippen LogP contribution in [-0.2, 0) is 17.8 Å². The lowest BCUT2D eigenvalue weighted by atomic mass is 10.1. The molecule has 0 bridgehead atoms. The van der Waals surface area contributed by atoms with Crippen LogP contribution in [0, 0.1) is 12.7 Å². The topological polar surface area (TPSA) is 73.2 Å². The van der Waals surface area contributed by atoms with Crippen molar-refractivity contribution in [3.05, 3.63) is 94.2 Å². The summed E-state index contributed by atoms with van der Waals surface area (Å²) < 4.78 is 32.0. The molecule has 1 aliphatic heterocycles. The largest absolute Gasteiger partial charge is 0.494 e. The first-order valence-corrected chi connectivity index (χ1v) is 12.2. The number of halogens is 1. The summed E-state index contributed by atoms with van der Waals surface area (Å²) in [5.41, 5.74) is 0.976. The van der Waals surface area contributed by atoms with E-state index < -0.39 is 5.60 Å². The first kappa shape index (κ1) is 25.9. The quantitative estimate of drug-likeness (QED) is 0.434. The SMILES string of the molecule is Cc1ccc(=O)n(CCCOc2ccc(CN3CCOC[C@](O)(COc4ccc(F)cc4)C3)cc2)c1. The molecule has 1 aliphatic rings. The average molecular weight is 497 g/mol.